The topological polar surface area (TPSA) is 68.3 Å². The zero-order chi connectivity index (χ0) is 20.8. The monoisotopic (exact) mass is 404 g/mol. The predicted molar refractivity (Wildman–Crippen MR) is 121 cm³/mol. The van der Waals surface area contributed by atoms with Crippen LogP contribution in [0.5, 0.6) is 11.5 Å². The molecule has 1 saturated carbocycles. The summed E-state index contributed by atoms with van der Waals surface area (Å²) >= 11 is 0. The van der Waals surface area contributed by atoms with Gasteiger partial charge in [-0.25, -0.2) is 4.98 Å². The van der Waals surface area contributed by atoms with Crippen molar-refractivity contribution >= 4 is 17.5 Å². The number of rotatable bonds is 7. The summed E-state index contributed by atoms with van der Waals surface area (Å²) in [6, 6.07) is 18.3. The lowest BCUT2D eigenvalue weighted by Gasteiger charge is -2.23. The number of aromatic nitrogens is 2. The molecule has 3 aromatic rings. The van der Waals surface area contributed by atoms with Crippen LogP contribution < -0.4 is 20.1 Å². The van der Waals surface area contributed by atoms with Gasteiger partial charge in [-0.05, 0) is 25.0 Å². The molecule has 4 rings (SSSR count). The van der Waals surface area contributed by atoms with Gasteiger partial charge in [0, 0.05) is 29.4 Å². The van der Waals surface area contributed by atoms with Gasteiger partial charge in [0.1, 0.15) is 5.82 Å². The molecular weight excluding hydrogens is 376 g/mol. The molecule has 0 spiro atoms. The molecule has 6 heteroatoms. The minimum absolute atomic E-state index is 0.429. The van der Waals surface area contributed by atoms with Gasteiger partial charge in [-0.15, -0.1) is 0 Å². The van der Waals surface area contributed by atoms with E-state index >= 15 is 0 Å². The van der Waals surface area contributed by atoms with Crippen LogP contribution in [0.15, 0.2) is 54.6 Å². The highest BCUT2D eigenvalue weighted by Crippen LogP contribution is 2.32. The molecular formula is C24H28N4O2. The van der Waals surface area contributed by atoms with Crippen molar-refractivity contribution in [3.8, 4) is 22.8 Å². The quantitative estimate of drug-likeness (QED) is 0.530. The minimum atomic E-state index is 0.429. The molecule has 1 fully saturated rings. The smallest absolute Gasteiger partial charge is 0.225 e. The second-order valence-electron chi connectivity index (χ2n) is 7.50. The van der Waals surface area contributed by atoms with Gasteiger partial charge in [-0.1, -0.05) is 49.6 Å². The van der Waals surface area contributed by atoms with Crippen LogP contribution >= 0.6 is 0 Å². The zero-order valence-electron chi connectivity index (χ0n) is 17.5. The van der Waals surface area contributed by atoms with Gasteiger partial charge in [-0.2, -0.15) is 4.98 Å². The Hall–Kier alpha value is -3.28. The highest BCUT2D eigenvalue weighted by Gasteiger charge is 2.16. The minimum Gasteiger partial charge on any atom is -0.493 e. The molecule has 1 aliphatic rings. The van der Waals surface area contributed by atoms with Crippen LogP contribution in [0, 0.1) is 0 Å². The Bertz CT molecular complexity index is 972. The Balaban J connectivity index is 1.65. The van der Waals surface area contributed by atoms with Crippen molar-refractivity contribution in [2.75, 3.05) is 24.9 Å². The first-order valence-corrected chi connectivity index (χ1v) is 10.5. The van der Waals surface area contributed by atoms with Crippen LogP contribution in [0.2, 0.25) is 0 Å². The summed E-state index contributed by atoms with van der Waals surface area (Å²) in [6.07, 6.45) is 6.16. The Morgan fingerprint density at radius 1 is 0.833 bits per heavy atom. The average molecular weight is 405 g/mol. The van der Waals surface area contributed by atoms with E-state index in [2.05, 4.69) is 22.8 Å². The number of hydrogen-bond donors (Lipinski definition) is 2. The third kappa shape index (κ3) is 4.82. The van der Waals surface area contributed by atoms with Gasteiger partial charge in [-0.3, -0.25) is 0 Å². The largest absolute Gasteiger partial charge is 0.493 e. The Kier molecular flexibility index (Phi) is 6.32. The molecule has 2 aromatic carbocycles. The first kappa shape index (κ1) is 20.0. The molecule has 6 nitrogen and oxygen atoms in total. The van der Waals surface area contributed by atoms with Crippen LogP contribution in [-0.2, 0) is 0 Å². The maximum atomic E-state index is 5.42. The Morgan fingerprint density at radius 2 is 1.60 bits per heavy atom. The normalized spacial score (nSPS) is 14.2. The molecule has 0 aliphatic heterocycles. The third-order valence-corrected chi connectivity index (χ3v) is 5.39. The van der Waals surface area contributed by atoms with Gasteiger partial charge < -0.3 is 20.1 Å². The fourth-order valence-electron chi connectivity index (χ4n) is 3.82. The van der Waals surface area contributed by atoms with Crippen molar-refractivity contribution in [3.63, 3.8) is 0 Å². The van der Waals surface area contributed by atoms with Gasteiger partial charge in [0.05, 0.1) is 19.9 Å². The summed E-state index contributed by atoms with van der Waals surface area (Å²) in [4.78, 5) is 9.53. The highest BCUT2D eigenvalue weighted by atomic mass is 16.5. The Labute approximate surface area is 177 Å². The molecule has 1 heterocycles. The molecule has 2 N–H and O–H groups in total. The first-order valence-electron chi connectivity index (χ1n) is 10.5. The van der Waals surface area contributed by atoms with E-state index < -0.39 is 0 Å². The van der Waals surface area contributed by atoms with Crippen LogP contribution in [0.3, 0.4) is 0 Å². The number of benzene rings is 2. The fourth-order valence-corrected chi connectivity index (χ4v) is 3.82. The van der Waals surface area contributed by atoms with Crippen molar-refractivity contribution in [2.24, 2.45) is 0 Å². The lowest BCUT2D eigenvalue weighted by molar-refractivity contribution is 0.355. The van der Waals surface area contributed by atoms with E-state index in [9.17, 15) is 0 Å². The van der Waals surface area contributed by atoms with Crippen LogP contribution in [0.4, 0.5) is 17.5 Å². The van der Waals surface area contributed by atoms with Crippen molar-refractivity contribution in [1.29, 1.82) is 0 Å². The summed E-state index contributed by atoms with van der Waals surface area (Å²) in [5.41, 5.74) is 2.81. The second kappa shape index (κ2) is 9.48. The van der Waals surface area contributed by atoms with Crippen molar-refractivity contribution < 1.29 is 9.47 Å². The van der Waals surface area contributed by atoms with E-state index in [1.165, 1.54) is 19.3 Å². The molecule has 0 amide bonds. The summed E-state index contributed by atoms with van der Waals surface area (Å²) < 4.78 is 10.8. The number of ether oxygens (including phenoxy) is 2. The number of methoxy groups -OCH3 is 2. The van der Waals surface area contributed by atoms with Gasteiger partial charge in [0.15, 0.2) is 11.5 Å². The number of anilines is 3. The molecule has 0 atom stereocenters. The average Bonchev–Trinajstić information content (AvgIpc) is 2.80. The summed E-state index contributed by atoms with van der Waals surface area (Å²) in [5.74, 6) is 2.75. The predicted octanol–water partition coefficient (Wildman–Crippen LogP) is 5.65. The van der Waals surface area contributed by atoms with Crippen LogP contribution in [-0.4, -0.2) is 30.2 Å². The molecule has 30 heavy (non-hydrogen) atoms. The first-order chi connectivity index (χ1) is 14.7. The molecule has 0 bridgehead atoms. The van der Waals surface area contributed by atoms with Crippen molar-refractivity contribution in [2.45, 2.75) is 38.1 Å². The van der Waals surface area contributed by atoms with E-state index in [0.717, 1.165) is 35.6 Å². The van der Waals surface area contributed by atoms with E-state index in [4.69, 9.17) is 19.4 Å². The van der Waals surface area contributed by atoms with E-state index in [1.54, 1.807) is 14.2 Å². The van der Waals surface area contributed by atoms with Gasteiger partial charge >= 0.3 is 0 Å². The lowest BCUT2D eigenvalue weighted by Crippen LogP contribution is -2.23. The molecule has 1 aliphatic carbocycles. The van der Waals surface area contributed by atoms with Crippen LogP contribution in [0.25, 0.3) is 11.3 Å². The fraction of sp³-hybridized carbons (Fsp3) is 0.333. The van der Waals surface area contributed by atoms with Crippen molar-refractivity contribution in [1.82, 2.24) is 9.97 Å². The van der Waals surface area contributed by atoms with Crippen molar-refractivity contribution in [3.05, 3.63) is 54.6 Å². The number of hydrogen-bond acceptors (Lipinski definition) is 6. The zero-order valence-corrected chi connectivity index (χ0v) is 17.5. The van der Waals surface area contributed by atoms with E-state index in [1.807, 2.05) is 42.5 Å². The Morgan fingerprint density at radius 3 is 2.33 bits per heavy atom. The van der Waals surface area contributed by atoms with Gasteiger partial charge in [0.2, 0.25) is 5.95 Å². The maximum absolute atomic E-state index is 5.42. The summed E-state index contributed by atoms with van der Waals surface area (Å²) in [7, 11) is 3.26. The maximum Gasteiger partial charge on any atom is 0.225 e. The van der Waals surface area contributed by atoms with Crippen LogP contribution in [0.1, 0.15) is 32.1 Å². The molecule has 1 aromatic heterocycles. The standard InChI is InChI=1S/C24H28N4O2/c1-29-21-14-13-19(15-22(21)30-2)25-23-16-20(17-9-5-3-6-10-17)27-24(28-23)26-18-11-7-4-8-12-18/h3,5-6,9-10,13-16,18H,4,7-8,11-12H2,1-2H3,(H2,25,26,27,28). The molecule has 156 valence electrons. The molecule has 0 unspecified atom stereocenters. The summed E-state index contributed by atoms with van der Waals surface area (Å²) in [5, 5.41) is 6.94. The van der Waals surface area contributed by atoms with E-state index in [0.29, 0.717) is 23.5 Å². The second-order valence-corrected chi connectivity index (χ2v) is 7.50. The van der Waals surface area contributed by atoms with Gasteiger partial charge in [0.25, 0.3) is 0 Å². The molecule has 0 saturated heterocycles. The SMILES string of the molecule is COc1ccc(Nc2cc(-c3ccccc3)nc(NC3CCCCC3)n2)cc1OC. The lowest BCUT2D eigenvalue weighted by atomic mass is 9.96. The van der Waals surface area contributed by atoms with E-state index in [-0.39, 0.29) is 0 Å². The number of nitrogens with one attached hydrogen (secondary N) is 2. The summed E-state index contributed by atoms with van der Waals surface area (Å²) in [6.45, 7) is 0. The molecule has 0 radical (unpaired) electrons. The number of nitrogens with zero attached hydrogens (tertiary/aromatic N) is 2. The third-order valence-electron chi connectivity index (χ3n) is 5.39. The highest BCUT2D eigenvalue weighted by molar-refractivity contribution is 5.68.